The summed E-state index contributed by atoms with van der Waals surface area (Å²) in [5.74, 6) is 1.14. The maximum atomic E-state index is 12.5. The molecule has 4 bridgehead atoms. The van der Waals surface area contributed by atoms with Gasteiger partial charge in [0.15, 0.2) is 0 Å². The fourth-order valence-corrected chi connectivity index (χ4v) is 5.49. The van der Waals surface area contributed by atoms with Gasteiger partial charge in [-0.3, -0.25) is 14.4 Å². The van der Waals surface area contributed by atoms with Crippen LogP contribution in [0.15, 0.2) is 0 Å². The smallest absolute Gasteiger partial charge is 0.240 e. The van der Waals surface area contributed by atoms with Crippen LogP contribution in [0.5, 0.6) is 0 Å². The third-order valence-electron chi connectivity index (χ3n) is 6.18. The third-order valence-corrected chi connectivity index (χ3v) is 6.18. The first-order valence-corrected chi connectivity index (χ1v) is 9.42. The van der Waals surface area contributed by atoms with Crippen LogP contribution in [0.2, 0.25) is 0 Å². The number of primary amides is 1. The van der Waals surface area contributed by atoms with E-state index in [9.17, 15) is 14.4 Å². The Bertz CT molecular complexity index is 525. The molecule has 0 unspecified atom stereocenters. The standard InChI is InChI=1S/C18H30N4O3/c1-10(19)17(25)21-14(16(20)24)2-3-15(23)22-18-7-11-4-12(8-18)6-13(5-11)9-18/h10-14H,2-9,19H2,1H3,(H2,20,24)(H,21,25)(H,22,23)/t10-,11?,12?,13?,14-,18?/m1/s1. The fourth-order valence-electron chi connectivity index (χ4n) is 5.49. The number of nitrogens with two attached hydrogens (primary N) is 2. The first-order chi connectivity index (χ1) is 11.8. The maximum absolute atomic E-state index is 12.5. The van der Waals surface area contributed by atoms with Crippen molar-refractivity contribution >= 4 is 17.7 Å². The van der Waals surface area contributed by atoms with E-state index in [4.69, 9.17) is 11.5 Å². The quantitative estimate of drug-likeness (QED) is 0.522. The normalized spacial score (nSPS) is 35.0. The second kappa shape index (κ2) is 6.94. The molecular weight excluding hydrogens is 320 g/mol. The predicted molar refractivity (Wildman–Crippen MR) is 93.1 cm³/mol. The Morgan fingerprint density at radius 3 is 2.04 bits per heavy atom. The number of hydrogen-bond acceptors (Lipinski definition) is 4. The van der Waals surface area contributed by atoms with E-state index in [1.165, 1.54) is 26.2 Å². The molecule has 0 aromatic rings. The number of rotatable bonds is 7. The van der Waals surface area contributed by atoms with E-state index >= 15 is 0 Å². The molecule has 7 heteroatoms. The Balaban J connectivity index is 1.52. The Morgan fingerprint density at radius 1 is 1.08 bits per heavy atom. The van der Waals surface area contributed by atoms with E-state index < -0.39 is 23.9 Å². The van der Waals surface area contributed by atoms with Gasteiger partial charge in [0.25, 0.3) is 0 Å². The zero-order valence-electron chi connectivity index (χ0n) is 14.9. The predicted octanol–water partition coefficient (Wildman–Crippen LogP) is 0.169. The van der Waals surface area contributed by atoms with Crippen LogP contribution in [-0.2, 0) is 14.4 Å². The lowest BCUT2D eigenvalue weighted by atomic mass is 9.53. The summed E-state index contributed by atoms with van der Waals surface area (Å²) in [6.45, 7) is 1.53. The minimum atomic E-state index is -0.861. The minimum absolute atomic E-state index is 0.0386. The Kier molecular flexibility index (Phi) is 5.04. The highest BCUT2D eigenvalue weighted by molar-refractivity contribution is 5.89. The summed E-state index contributed by atoms with van der Waals surface area (Å²) in [4.78, 5) is 35.6. The molecule has 4 aliphatic rings. The molecule has 6 N–H and O–H groups in total. The molecular formula is C18H30N4O3. The van der Waals surface area contributed by atoms with E-state index in [2.05, 4.69) is 10.6 Å². The van der Waals surface area contributed by atoms with Crippen LogP contribution in [0, 0.1) is 17.8 Å². The maximum Gasteiger partial charge on any atom is 0.240 e. The molecule has 2 atom stereocenters. The highest BCUT2D eigenvalue weighted by Crippen LogP contribution is 2.55. The second-order valence-electron chi connectivity index (χ2n) is 8.54. The van der Waals surface area contributed by atoms with E-state index in [1.807, 2.05) is 0 Å². The third kappa shape index (κ3) is 4.14. The Hall–Kier alpha value is -1.63. The molecule has 25 heavy (non-hydrogen) atoms. The van der Waals surface area contributed by atoms with Gasteiger partial charge in [-0.25, -0.2) is 0 Å². The minimum Gasteiger partial charge on any atom is -0.368 e. The van der Waals surface area contributed by atoms with Crippen molar-refractivity contribution in [2.45, 2.75) is 75.9 Å². The van der Waals surface area contributed by atoms with E-state index in [0.29, 0.717) is 0 Å². The number of carbonyl (C=O) groups is 3. The van der Waals surface area contributed by atoms with Gasteiger partial charge in [-0.1, -0.05) is 0 Å². The van der Waals surface area contributed by atoms with Gasteiger partial charge in [-0.15, -0.1) is 0 Å². The van der Waals surface area contributed by atoms with Crippen molar-refractivity contribution in [3.8, 4) is 0 Å². The van der Waals surface area contributed by atoms with Gasteiger partial charge in [0.05, 0.1) is 6.04 Å². The lowest BCUT2D eigenvalue weighted by Gasteiger charge is -2.57. The molecule has 4 aliphatic carbocycles. The molecule has 7 nitrogen and oxygen atoms in total. The topological polar surface area (TPSA) is 127 Å². The molecule has 3 amide bonds. The van der Waals surface area contributed by atoms with Gasteiger partial charge in [0.1, 0.15) is 6.04 Å². The summed E-state index contributed by atoms with van der Waals surface area (Å²) in [6.07, 6.45) is 7.61. The molecule has 0 aliphatic heterocycles. The van der Waals surface area contributed by atoms with Crippen LogP contribution < -0.4 is 22.1 Å². The summed E-state index contributed by atoms with van der Waals surface area (Å²) >= 11 is 0. The molecule has 4 fully saturated rings. The van der Waals surface area contributed by atoms with Crippen LogP contribution in [-0.4, -0.2) is 35.3 Å². The van der Waals surface area contributed by atoms with Gasteiger partial charge >= 0.3 is 0 Å². The summed E-state index contributed by atoms with van der Waals surface area (Å²) in [5.41, 5.74) is 10.8. The second-order valence-corrected chi connectivity index (χ2v) is 8.54. The van der Waals surface area contributed by atoms with Gasteiger partial charge in [-0.05, 0) is 69.6 Å². The summed E-state index contributed by atoms with van der Waals surface area (Å²) < 4.78 is 0. The lowest BCUT2D eigenvalue weighted by Crippen LogP contribution is -2.60. The van der Waals surface area contributed by atoms with Gasteiger partial charge in [-0.2, -0.15) is 0 Å². The first-order valence-electron chi connectivity index (χ1n) is 9.42. The van der Waals surface area contributed by atoms with Crippen molar-refractivity contribution in [3.63, 3.8) is 0 Å². The average molecular weight is 350 g/mol. The largest absolute Gasteiger partial charge is 0.368 e. The van der Waals surface area contributed by atoms with Crippen LogP contribution in [0.25, 0.3) is 0 Å². The molecule has 0 heterocycles. The molecule has 4 saturated carbocycles. The van der Waals surface area contributed by atoms with Gasteiger partial charge in [0, 0.05) is 12.0 Å². The van der Waals surface area contributed by atoms with E-state index in [-0.39, 0.29) is 24.3 Å². The highest BCUT2D eigenvalue weighted by Gasteiger charge is 2.51. The molecule has 4 rings (SSSR count). The van der Waals surface area contributed by atoms with Crippen LogP contribution in [0.3, 0.4) is 0 Å². The van der Waals surface area contributed by atoms with Crippen molar-refractivity contribution in [1.82, 2.24) is 10.6 Å². The molecule has 0 spiro atoms. The van der Waals surface area contributed by atoms with E-state index in [1.54, 1.807) is 0 Å². The summed E-state index contributed by atoms with van der Waals surface area (Å²) in [6, 6.07) is -1.58. The number of hydrogen-bond donors (Lipinski definition) is 4. The number of amides is 3. The van der Waals surface area contributed by atoms with Crippen molar-refractivity contribution in [2.75, 3.05) is 0 Å². The SMILES string of the molecule is C[C@@H](N)C(=O)N[C@H](CCC(=O)NC12CC3CC(CC(C3)C1)C2)C(N)=O. The Labute approximate surface area is 148 Å². The van der Waals surface area contributed by atoms with Crippen molar-refractivity contribution in [3.05, 3.63) is 0 Å². The van der Waals surface area contributed by atoms with Crippen LogP contribution in [0.4, 0.5) is 0 Å². The van der Waals surface area contributed by atoms with Crippen LogP contribution >= 0.6 is 0 Å². The zero-order valence-corrected chi connectivity index (χ0v) is 14.9. The molecule has 0 saturated heterocycles. The monoisotopic (exact) mass is 350 g/mol. The highest BCUT2D eigenvalue weighted by atomic mass is 16.2. The van der Waals surface area contributed by atoms with Crippen molar-refractivity contribution < 1.29 is 14.4 Å². The van der Waals surface area contributed by atoms with E-state index in [0.717, 1.165) is 37.0 Å². The average Bonchev–Trinajstić information content (AvgIpc) is 2.48. The van der Waals surface area contributed by atoms with Gasteiger partial charge < -0.3 is 22.1 Å². The number of nitrogens with one attached hydrogen (secondary N) is 2. The summed E-state index contributed by atoms with van der Waals surface area (Å²) in [7, 11) is 0. The molecule has 0 aromatic carbocycles. The molecule has 0 radical (unpaired) electrons. The molecule has 140 valence electrons. The molecule has 0 aromatic heterocycles. The van der Waals surface area contributed by atoms with Gasteiger partial charge in [0.2, 0.25) is 17.7 Å². The first kappa shape index (κ1) is 18.2. The fraction of sp³-hybridized carbons (Fsp3) is 0.833. The Morgan fingerprint density at radius 2 is 1.60 bits per heavy atom. The van der Waals surface area contributed by atoms with Crippen molar-refractivity contribution in [2.24, 2.45) is 29.2 Å². The lowest BCUT2D eigenvalue weighted by molar-refractivity contribution is -0.130. The van der Waals surface area contributed by atoms with Crippen molar-refractivity contribution in [1.29, 1.82) is 0 Å². The summed E-state index contributed by atoms with van der Waals surface area (Å²) in [5, 5.41) is 5.78. The van der Waals surface area contributed by atoms with Crippen LogP contribution in [0.1, 0.15) is 58.3 Å². The number of carbonyl (C=O) groups excluding carboxylic acids is 3. The zero-order chi connectivity index (χ0) is 18.2.